The predicted octanol–water partition coefficient (Wildman–Crippen LogP) is 3.60. The van der Waals surface area contributed by atoms with Crippen LogP contribution >= 0.6 is 0 Å². The number of benzene rings is 1. The average molecular weight is 234 g/mol. The van der Waals surface area contributed by atoms with Gasteiger partial charge in [0.25, 0.3) is 0 Å². The number of esters is 1. The molecular formula is C15H22O2. The summed E-state index contributed by atoms with van der Waals surface area (Å²) < 4.78 is 4.88. The first-order valence-corrected chi connectivity index (χ1v) is 6.43. The standard InChI is InChI=1S/C11H12O2.C4H10/c1-8-10(11(12)13-8)7-9-5-3-2-4-6-9;1-3-4-2/h2-6,8,10H,7H2,1H3;3-4H2,1-2H3/t8-,10-;/m0./s1. The summed E-state index contributed by atoms with van der Waals surface area (Å²) in [6.45, 7) is 6.30. The monoisotopic (exact) mass is 234 g/mol. The van der Waals surface area contributed by atoms with Crippen LogP contribution in [0.15, 0.2) is 30.3 Å². The quantitative estimate of drug-likeness (QED) is 0.747. The van der Waals surface area contributed by atoms with Crippen molar-refractivity contribution in [1.82, 2.24) is 0 Å². The minimum absolute atomic E-state index is 0.0589. The fraction of sp³-hybridized carbons (Fsp3) is 0.533. The fourth-order valence-corrected chi connectivity index (χ4v) is 1.59. The van der Waals surface area contributed by atoms with E-state index in [0.717, 1.165) is 6.42 Å². The fourth-order valence-electron chi connectivity index (χ4n) is 1.59. The summed E-state index contributed by atoms with van der Waals surface area (Å²) in [5.41, 5.74) is 1.20. The Morgan fingerprint density at radius 3 is 2.12 bits per heavy atom. The van der Waals surface area contributed by atoms with Gasteiger partial charge in [-0.3, -0.25) is 4.79 Å². The maximum Gasteiger partial charge on any atom is 0.313 e. The van der Waals surface area contributed by atoms with E-state index < -0.39 is 0 Å². The van der Waals surface area contributed by atoms with Crippen LogP contribution in [0, 0.1) is 5.92 Å². The zero-order chi connectivity index (χ0) is 12.7. The minimum atomic E-state index is -0.0589. The summed E-state index contributed by atoms with van der Waals surface area (Å²) >= 11 is 0. The lowest BCUT2D eigenvalue weighted by Gasteiger charge is -2.32. The van der Waals surface area contributed by atoms with Crippen molar-refractivity contribution in [3.8, 4) is 0 Å². The summed E-state index contributed by atoms with van der Waals surface area (Å²) in [6.07, 6.45) is 3.54. The Morgan fingerprint density at radius 1 is 1.12 bits per heavy atom. The summed E-state index contributed by atoms with van der Waals surface area (Å²) in [7, 11) is 0. The first-order valence-electron chi connectivity index (χ1n) is 6.43. The number of cyclic esters (lactones) is 1. The number of hydrogen-bond acceptors (Lipinski definition) is 2. The summed E-state index contributed by atoms with van der Waals surface area (Å²) in [4.78, 5) is 11.0. The number of hydrogen-bond donors (Lipinski definition) is 0. The van der Waals surface area contributed by atoms with Crippen molar-refractivity contribution in [3.63, 3.8) is 0 Å². The van der Waals surface area contributed by atoms with Gasteiger partial charge in [-0.05, 0) is 18.9 Å². The molecule has 2 rings (SSSR count). The normalized spacial score (nSPS) is 21.9. The highest BCUT2D eigenvalue weighted by Crippen LogP contribution is 2.25. The zero-order valence-corrected chi connectivity index (χ0v) is 11.0. The van der Waals surface area contributed by atoms with Crippen molar-refractivity contribution in [2.24, 2.45) is 5.92 Å². The molecule has 0 amide bonds. The maximum atomic E-state index is 11.0. The van der Waals surface area contributed by atoms with Crippen LogP contribution in [0.2, 0.25) is 0 Å². The van der Waals surface area contributed by atoms with Crippen molar-refractivity contribution in [2.75, 3.05) is 0 Å². The Morgan fingerprint density at radius 2 is 1.71 bits per heavy atom. The van der Waals surface area contributed by atoms with Crippen LogP contribution in [0.3, 0.4) is 0 Å². The molecule has 2 atom stereocenters. The molecule has 0 radical (unpaired) electrons. The van der Waals surface area contributed by atoms with E-state index in [9.17, 15) is 4.79 Å². The second kappa shape index (κ2) is 7.10. The van der Waals surface area contributed by atoms with E-state index in [1.807, 2.05) is 37.3 Å². The van der Waals surface area contributed by atoms with Crippen molar-refractivity contribution in [1.29, 1.82) is 0 Å². The summed E-state index contributed by atoms with van der Waals surface area (Å²) in [5, 5.41) is 0. The molecule has 0 bridgehead atoms. The van der Waals surface area contributed by atoms with Gasteiger partial charge in [0.2, 0.25) is 0 Å². The van der Waals surface area contributed by atoms with Gasteiger partial charge in [0.15, 0.2) is 0 Å². The lowest BCUT2D eigenvalue weighted by atomic mass is 9.91. The Labute approximate surface area is 104 Å². The Kier molecular flexibility index (Phi) is 5.75. The number of ether oxygens (including phenoxy) is 1. The molecule has 0 spiro atoms. The van der Waals surface area contributed by atoms with E-state index >= 15 is 0 Å². The molecule has 0 unspecified atom stereocenters. The number of rotatable bonds is 3. The third kappa shape index (κ3) is 4.22. The highest BCUT2D eigenvalue weighted by atomic mass is 16.6. The second-order valence-corrected chi connectivity index (χ2v) is 4.44. The molecule has 1 aliphatic rings. The molecule has 0 aliphatic carbocycles. The molecule has 2 nitrogen and oxygen atoms in total. The van der Waals surface area contributed by atoms with Crippen LogP contribution in [-0.4, -0.2) is 12.1 Å². The maximum absolute atomic E-state index is 11.0. The first kappa shape index (κ1) is 13.8. The van der Waals surface area contributed by atoms with E-state index in [0.29, 0.717) is 0 Å². The number of carbonyl (C=O) groups is 1. The van der Waals surface area contributed by atoms with Crippen molar-refractivity contribution in [3.05, 3.63) is 35.9 Å². The average Bonchev–Trinajstić information content (AvgIpc) is 2.38. The Bertz CT molecular complexity index is 330. The van der Waals surface area contributed by atoms with Gasteiger partial charge in [0, 0.05) is 0 Å². The topological polar surface area (TPSA) is 26.3 Å². The highest BCUT2D eigenvalue weighted by molar-refractivity contribution is 5.78. The smallest absolute Gasteiger partial charge is 0.313 e. The van der Waals surface area contributed by atoms with Crippen LogP contribution in [0.25, 0.3) is 0 Å². The molecule has 94 valence electrons. The molecule has 17 heavy (non-hydrogen) atoms. The predicted molar refractivity (Wildman–Crippen MR) is 69.8 cm³/mol. The van der Waals surface area contributed by atoms with Gasteiger partial charge in [0.1, 0.15) is 6.10 Å². The van der Waals surface area contributed by atoms with Crippen molar-refractivity contribution >= 4 is 5.97 Å². The molecule has 0 N–H and O–H groups in total. The van der Waals surface area contributed by atoms with Crippen LogP contribution < -0.4 is 0 Å². The molecule has 1 fully saturated rings. The Balaban J connectivity index is 0.000000317. The molecule has 1 aliphatic heterocycles. The lowest BCUT2D eigenvalue weighted by molar-refractivity contribution is -0.181. The Hall–Kier alpha value is -1.31. The largest absolute Gasteiger partial charge is 0.461 e. The zero-order valence-electron chi connectivity index (χ0n) is 11.0. The molecule has 0 saturated carbocycles. The molecule has 1 heterocycles. The highest BCUT2D eigenvalue weighted by Gasteiger charge is 2.38. The van der Waals surface area contributed by atoms with Crippen molar-refractivity contribution < 1.29 is 9.53 Å². The SMILES string of the molecule is CCCC.C[C@@H]1OC(=O)[C@H]1Cc1ccccc1. The van der Waals surface area contributed by atoms with E-state index in [1.165, 1.54) is 18.4 Å². The van der Waals surface area contributed by atoms with Crippen LogP contribution in [0.1, 0.15) is 39.2 Å². The van der Waals surface area contributed by atoms with Crippen LogP contribution in [-0.2, 0) is 16.0 Å². The van der Waals surface area contributed by atoms with E-state index in [2.05, 4.69) is 13.8 Å². The number of carbonyl (C=O) groups excluding carboxylic acids is 1. The molecule has 1 aromatic rings. The van der Waals surface area contributed by atoms with Gasteiger partial charge < -0.3 is 4.74 Å². The van der Waals surface area contributed by atoms with Crippen LogP contribution in [0.4, 0.5) is 0 Å². The minimum Gasteiger partial charge on any atom is -0.461 e. The molecule has 0 aromatic heterocycles. The third-order valence-corrected chi connectivity index (χ3v) is 2.97. The van der Waals surface area contributed by atoms with Gasteiger partial charge in [-0.2, -0.15) is 0 Å². The molecule has 1 aromatic carbocycles. The van der Waals surface area contributed by atoms with E-state index in [1.54, 1.807) is 0 Å². The lowest BCUT2D eigenvalue weighted by Crippen LogP contribution is -2.44. The van der Waals surface area contributed by atoms with Gasteiger partial charge in [-0.1, -0.05) is 57.0 Å². The summed E-state index contributed by atoms with van der Waals surface area (Å²) in [5.74, 6) is 0.0127. The van der Waals surface area contributed by atoms with Crippen molar-refractivity contribution in [2.45, 2.75) is 46.1 Å². The molecule has 1 saturated heterocycles. The number of unbranched alkanes of at least 4 members (excludes halogenated alkanes) is 1. The van der Waals surface area contributed by atoms with Gasteiger partial charge >= 0.3 is 5.97 Å². The van der Waals surface area contributed by atoms with E-state index in [4.69, 9.17) is 4.74 Å². The van der Waals surface area contributed by atoms with Gasteiger partial charge in [-0.25, -0.2) is 0 Å². The van der Waals surface area contributed by atoms with E-state index in [-0.39, 0.29) is 18.0 Å². The summed E-state index contributed by atoms with van der Waals surface area (Å²) in [6, 6.07) is 10.0. The molecular weight excluding hydrogens is 212 g/mol. The van der Waals surface area contributed by atoms with Crippen LogP contribution in [0.5, 0.6) is 0 Å². The first-order chi connectivity index (χ1) is 8.19. The second-order valence-electron chi connectivity index (χ2n) is 4.44. The van der Waals surface area contributed by atoms with Gasteiger partial charge in [0.05, 0.1) is 5.92 Å². The third-order valence-electron chi connectivity index (χ3n) is 2.97. The van der Waals surface area contributed by atoms with Gasteiger partial charge in [-0.15, -0.1) is 0 Å². The molecule has 2 heteroatoms.